The number of rotatable bonds is 4. The van der Waals surface area contributed by atoms with Gasteiger partial charge >= 0.3 is 0 Å². The molecule has 1 amide bonds. The Hall–Kier alpha value is -2.18. The number of aromatic nitrogens is 3. The van der Waals surface area contributed by atoms with Crippen molar-refractivity contribution in [2.24, 2.45) is 7.05 Å². The van der Waals surface area contributed by atoms with Crippen LogP contribution >= 0.6 is 22.9 Å². The summed E-state index contributed by atoms with van der Waals surface area (Å²) in [5.41, 5.74) is 1.73. The quantitative estimate of drug-likeness (QED) is 0.796. The number of amides is 1. The molecular formula is C15H13ClN4OS. The van der Waals surface area contributed by atoms with E-state index in [0.717, 1.165) is 16.3 Å². The highest BCUT2D eigenvalue weighted by atomic mass is 35.5. The molecule has 0 aliphatic heterocycles. The predicted molar refractivity (Wildman–Crippen MR) is 88.1 cm³/mol. The van der Waals surface area contributed by atoms with Crippen molar-refractivity contribution in [2.75, 3.05) is 5.32 Å². The monoisotopic (exact) mass is 332 g/mol. The Kier molecular flexibility index (Phi) is 4.22. The van der Waals surface area contributed by atoms with Gasteiger partial charge in [0, 0.05) is 35.3 Å². The van der Waals surface area contributed by atoms with Crippen molar-refractivity contribution in [3.8, 4) is 10.6 Å². The van der Waals surface area contributed by atoms with Gasteiger partial charge in [0.15, 0.2) is 5.82 Å². The Morgan fingerprint density at radius 3 is 2.77 bits per heavy atom. The summed E-state index contributed by atoms with van der Waals surface area (Å²) >= 11 is 7.38. The molecule has 0 spiro atoms. The van der Waals surface area contributed by atoms with Crippen molar-refractivity contribution in [2.45, 2.75) is 6.42 Å². The van der Waals surface area contributed by atoms with E-state index in [-0.39, 0.29) is 12.3 Å². The van der Waals surface area contributed by atoms with Gasteiger partial charge in [-0.1, -0.05) is 23.7 Å². The number of hydrogen-bond donors (Lipinski definition) is 1. The highest BCUT2D eigenvalue weighted by Gasteiger charge is 2.10. The largest absolute Gasteiger partial charge is 0.309 e. The maximum absolute atomic E-state index is 12.0. The lowest BCUT2D eigenvalue weighted by Crippen LogP contribution is -2.15. The fourth-order valence-electron chi connectivity index (χ4n) is 1.95. The molecule has 0 atom stereocenters. The molecule has 1 aromatic carbocycles. The topological polar surface area (TPSA) is 59.8 Å². The molecule has 0 unspecified atom stereocenters. The Labute approximate surface area is 136 Å². The highest BCUT2D eigenvalue weighted by molar-refractivity contribution is 7.13. The Morgan fingerprint density at radius 1 is 1.32 bits per heavy atom. The van der Waals surface area contributed by atoms with E-state index in [9.17, 15) is 4.79 Å². The SMILES string of the molecule is Cn1ccc(NC(=O)Cc2csc(-c3ccc(Cl)cc3)n2)n1. The third-order valence-corrected chi connectivity index (χ3v) is 4.16. The van der Waals surface area contributed by atoms with Gasteiger partial charge in [-0.3, -0.25) is 9.48 Å². The lowest BCUT2D eigenvalue weighted by molar-refractivity contribution is -0.115. The number of carbonyl (C=O) groups excluding carboxylic acids is 1. The molecule has 7 heteroatoms. The molecule has 0 saturated heterocycles. The van der Waals surface area contributed by atoms with E-state index in [4.69, 9.17) is 11.6 Å². The molecule has 0 saturated carbocycles. The third-order valence-electron chi connectivity index (χ3n) is 2.97. The first-order chi connectivity index (χ1) is 10.6. The molecule has 0 fully saturated rings. The van der Waals surface area contributed by atoms with Crippen LogP contribution in [0.3, 0.4) is 0 Å². The number of anilines is 1. The second kappa shape index (κ2) is 6.29. The molecule has 3 rings (SSSR count). The fourth-order valence-corrected chi connectivity index (χ4v) is 2.90. The standard InChI is InChI=1S/C15H13ClN4OS/c1-20-7-6-13(19-20)18-14(21)8-12-9-22-15(17-12)10-2-4-11(16)5-3-10/h2-7,9H,8H2,1H3,(H,18,19,21). The summed E-state index contributed by atoms with van der Waals surface area (Å²) in [6.45, 7) is 0. The van der Waals surface area contributed by atoms with E-state index in [2.05, 4.69) is 15.4 Å². The summed E-state index contributed by atoms with van der Waals surface area (Å²) in [7, 11) is 1.80. The van der Waals surface area contributed by atoms with Crippen molar-refractivity contribution >= 4 is 34.7 Å². The summed E-state index contributed by atoms with van der Waals surface area (Å²) in [6.07, 6.45) is 2.00. The predicted octanol–water partition coefficient (Wildman–Crippen LogP) is 3.38. The van der Waals surface area contributed by atoms with E-state index in [1.54, 1.807) is 24.0 Å². The molecule has 0 radical (unpaired) electrons. The number of aryl methyl sites for hydroxylation is 1. The smallest absolute Gasteiger partial charge is 0.231 e. The minimum absolute atomic E-state index is 0.133. The van der Waals surface area contributed by atoms with Gasteiger partial charge in [-0.25, -0.2) is 4.98 Å². The molecule has 3 aromatic rings. The van der Waals surface area contributed by atoms with Gasteiger partial charge in [-0.2, -0.15) is 5.10 Å². The molecule has 112 valence electrons. The first kappa shape index (κ1) is 14.7. The molecule has 0 aliphatic carbocycles. The Bertz CT molecular complexity index is 794. The second-order valence-electron chi connectivity index (χ2n) is 4.75. The van der Waals surface area contributed by atoms with Crippen LogP contribution in [0.25, 0.3) is 10.6 Å². The van der Waals surface area contributed by atoms with Gasteiger partial charge < -0.3 is 5.32 Å². The average Bonchev–Trinajstić information content (AvgIpc) is 3.09. The molecular weight excluding hydrogens is 320 g/mol. The number of benzene rings is 1. The van der Waals surface area contributed by atoms with Crippen molar-refractivity contribution in [3.63, 3.8) is 0 Å². The number of carbonyl (C=O) groups is 1. The van der Waals surface area contributed by atoms with Gasteiger partial charge in [0.05, 0.1) is 12.1 Å². The molecule has 5 nitrogen and oxygen atoms in total. The molecule has 2 heterocycles. The molecule has 22 heavy (non-hydrogen) atoms. The van der Waals surface area contributed by atoms with Crippen LogP contribution in [-0.2, 0) is 18.3 Å². The van der Waals surface area contributed by atoms with Crippen LogP contribution in [0, 0.1) is 0 Å². The number of halogens is 1. The van der Waals surface area contributed by atoms with Crippen molar-refractivity contribution in [1.29, 1.82) is 0 Å². The molecule has 0 aliphatic rings. The van der Waals surface area contributed by atoms with Crippen LogP contribution in [0.1, 0.15) is 5.69 Å². The average molecular weight is 333 g/mol. The Morgan fingerprint density at radius 2 is 2.09 bits per heavy atom. The van der Waals surface area contributed by atoms with E-state index >= 15 is 0 Å². The Balaban J connectivity index is 1.66. The first-order valence-corrected chi connectivity index (χ1v) is 7.86. The van der Waals surface area contributed by atoms with Crippen LogP contribution in [0.4, 0.5) is 5.82 Å². The summed E-state index contributed by atoms with van der Waals surface area (Å²) < 4.78 is 1.64. The normalized spacial score (nSPS) is 10.6. The van der Waals surface area contributed by atoms with Crippen LogP contribution in [0.15, 0.2) is 41.9 Å². The minimum Gasteiger partial charge on any atom is -0.309 e. The zero-order valence-corrected chi connectivity index (χ0v) is 13.4. The van der Waals surface area contributed by atoms with Crippen molar-refractivity contribution in [3.05, 3.63) is 52.6 Å². The van der Waals surface area contributed by atoms with Gasteiger partial charge in [0.2, 0.25) is 5.91 Å². The fraction of sp³-hybridized carbons (Fsp3) is 0.133. The lowest BCUT2D eigenvalue weighted by Gasteiger charge is -1.99. The minimum atomic E-state index is -0.133. The van der Waals surface area contributed by atoms with Gasteiger partial charge in [0.25, 0.3) is 0 Å². The first-order valence-electron chi connectivity index (χ1n) is 6.60. The van der Waals surface area contributed by atoms with E-state index in [1.165, 1.54) is 11.3 Å². The molecule has 2 aromatic heterocycles. The summed E-state index contributed by atoms with van der Waals surface area (Å²) in [5, 5.41) is 10.3. The van der Waals surface area contributed by atoms with Crippen LogP contribution < -0.4 is 5.32 Å². The number of nitrogens with one attached hydrogen (secondary N) is 1. The summed E-state index contributed by atoms with van der Waals surface area (Å²) in [5.74, 6) is 0.410. The zero-order chi connectivity index (χ0) is 15.5. The maximum atomic E-state index is 12.0. The summed E-state index contributed by atoms with van der Waals surface area (Å²) in [4.78, 5) is 16.5. The van der Waals surface area contributed by atoms with E-state index < -0.39 is 0 Å². The van der Waals surface area contributed by atoms with E-state index in [0.29, 0.717) is 10.8 Å². The number of thiazole rings is 1. The maximum Gasteiger partial charge on any atom is 0.231 e. The van der Waals surface area contributed by atoms with Crippen LogP contribution in [-0.4, -0.2) is 20.7 Å². The van der Waals surface area contributed by atoms with Gasteiger partial charge in [-0.15, -0.1) is 11.3 Å². The number of nitrogens with zero attached hydrogens (tertiary/aromatic N) is 3. The molecule has 1 N–H and O–H groups in total. The van der Waals surface area contributed by atoms with E-state index in [1.807, 2.05) is 29.6 Å². The lowest BCUT2D eigenvalue weighted by atomic mass is 10.2. The van der Waals surface area contributed by atoms with Crippen molar-refractivity contribution in [1.82, 2.24) is 14.8 Å². The van der Waals surface area contributed by atoms with Crippen LogP contribution in [0.2, 0.25) is 5.02 Å². The van der Waals surface area contributed by atoms with Crippen LogP contribution in [0.5, 0.6) is 0 Å². The molecule has 0 bridgehead atoms. The second-order valence-corrected chi connectivity index (χ2v) is 6.05. The summed E-state index contributed by atoms with van der Waals surface area (Å²) in [6, 6.07) is 9.23. The highest BCUT2D eigenvalue weighted by Crippen LogP contribution is 2.25. The van der Waals surface area contributed by atoms with Gasteiger partial charge in [0.1, 0.15) is 5.01 Å². The third kappa shape index (κ3) is 3.52. The van der Waals surface area contributed by atoms with Crippen molar-refractivity contribution < 1.29 is 4.79 Å². The number of hydrogen-bond acceptors (Lipinski definition) is 4. The van der Waals surface area contributed by atoms with Gasteiger partial charge in [-0.05, 0) is 12.1 Å². The zero-order valence-electron chi connectivity index (χ0n) is 11.8.